The molecule has 1 N–H and O–H groups in total. The molecule has 2 aliphatic carbocycles. The first-order valence-electron chi connectivity index (χ1n) is 8.35. The lowest BCUT2D eigenvalue weighted by Gasteiger charge is -2.50. The van der Waals surface area contributed by atoms with Gasteiger partial charge >= 0.3 is 0 Å². The van der Waals surface area contributed by atoms with Crippen molar-refractivity contribution in [1.82, 2.24) is 0 Å². The molecule has 3 nitrogen and oxygen atoms in total. The maximum atomic E-state index is 13.5. The quantitative estimate of drug-likeness (QED) is 0.853. The number of fused-ring (bicyclic) bond motifs is 2. The van der Waals surface area contributed by atoms with Crippen LogP contribution in [0.5, 0.6) is 0 Å². The number of nitrogens with zero attached hydrogens (tertiary/aromatic N) is 1. The van der Waals surface area contributed by atoms with Crippen LogP contribution in [0.2, 0.25) is 0 Å². The molecule has 2 bridgehead atoms. The summed E-state index contributed by atoms with van der Waals surface area (Å²) in [7, 11) is -1.04. The average molecular weight is 333 g/mol. The topological polar surface area (TPSA) is 49.7 Å². The molecule has 0 heterocycles. The molecule has 0 aliphatic heterocycles. The molecular formula is C19H27NO2S. The lowest BCUT2D eigenvalue weighted by Crippen LogP contribution is -2.54. The Balaban J connectivity index is 2.04. The van der Waals surface area contributed by atoms with Gasteiger partial charge in [-0.05, 0) is 43.2 Å². The summed E-state index contributed by atoms with van der Waals surface area (Å²) in [6, 6.07) is 9.35. The summed E-state index contributed by atoms with van der Waals surface area (Å²) in [5, 5.41) is 11.6. The van der Waals surface area contributed by atoms with Crippen LogP contribution in [0, 0.1) is 17.3 Å². The molecule has 2 saturated carbocycles. The smallest absolute Gasteiger partial charge is 0.0867 e. The minimum Gasteiger partial charge on any atom is -0.388 e. The standard InChI is InChI=1S/C19H27NO2S/c1-14-12-19(21,18(3)11-10-17(14)15(18)2)13-23(22,20-4)16-8-6-5-7-9-16/h5-9,14,17,21H,2,10-13H2,1,3-4H3/t14-,17-,18-,19-,23?/m0/s1. The van der Waals surface area contributed by atoms with Gasteiger partial charge in [0.15, 0.2) is 0 Å². The van der Waals surface area contributed by atoms with Gasteiger partial charge in [-0.15, -0.1) is 0 Å². The van der Waals surface area contributed by atoms with E-state index in [1.165, 1.54) is 0 Å². The first-order valence-corrected chi connectivity index (χ1v) is 10.0. The summed E-state index contributed by atoms with van der Waals surface area (Å²) in [4.78, 5) is 0.706. The zero-order chi connectivity index (χ0) is 16.9. The molecule has 0 amide bonds. The van der Waals surface area contributed by atoms with E-state index in [0.717, 1.165) is 18.4 Å². The van der Waals surface area contributed by atoms with Crippen LogP contribution in [-0.4, -0.2) is 27.7 Å². The van der Waals surface area contributed by atoms with Crippen molar-refractivity contribution in [2.24, 2.45) is 21.6 Å². The highest BCUT2D eigenvalue weighted by Gasteiger charge is 2.59. The summed E-state index contributed by atoms with van der Waals surface area (Å²) < 4.78 is 17.7. The van der Waals surface area contributed by atoms with Crippen molar-refractivity contribution in [1.29, 1.82) is 0 Å². The molecule has 5 atom stereocenters. The zero-order valence-corrected chi connectivity index (χ0v) is 15.1. The molecular weight excluding hydrogens is 306 g/mol. The second-order valence-corrected chi connectivity index (χ2v) is 9.90. The third-order valence-electron chi connectivity index (χ3n) is 6.33. The Hall–Kier alpha value is -1.13. The van der Waals surface area contributed by atoms with Crippen molar-refractivity contribution in [3.8, 4) is 0 Å². The largest absolute Gasteiger partial charge is 0.388 e. The number of rotatable bonds is 3. The minimum absolute atomic E-state index is 0.188. The van der Waals surface area contributed by atoms with E-state index in [1.54, 1.807) is 7.05 Å². The van der Waals surface area contributed by atoms with Gasteiger partial charge in [-0.25, -0.2) is 8.57 Å². The van der Waals surface area contributed by atoms with Crippen molar-refractivity contribution in [3.05, 3.63) is 42.5 Å². The van der Waals surface area contributed by atoms with Gasteiger partial charge in [0.1, 0.15) is 0 Å². The predicted octanol–water partition coefficient (Wildman–Crippen LogP) is 3.89. The summed E-state index contributed by atoms with van der Waals surface area (Å²) in [5.74, 6) is 1.05. The molecule has 1 unspecified atom stereocenters. The Bertz CT molecular complexity index is 735. The number of hydrogen-bond acceptors (Lipinski definition) is 3. The van der Waals surface area contributed by atoms with Gasteiger partial charge in [0.05, 0.1) is 21.1 Å². The highest BCUT2D eigenvalue weighted by Crippen LogP contribution is 2.61. The van der Waals surface area contributed by atoms with Crippen LogP contribution in [0.1, 0.15) is 33.1 Å². The van der Waals surface area contributed by atoms with Crippen LogP contribution in [-0.2, 0) is 9.73 Å². The van der Waals surface area contributed by atoms with Gasteiger partial charge in [0.2, 0.25) is 0 Å². The molecule has 0 spiro atoms. The Morgan fingerprint density at radius 3 is 2.65 bits per heavy atom. The molecule has 126 valence electrons. The molecule has 4 heteroatoms. The van der Waals surface area contributed by atoms with E-state index in [4.69, 9.17) is 0 Å². The normalized spacial score (nSPS) is 39.0. The Labute approximate surface area is 140 Å². The molecule has 1 aromatic rings. The van der Waals surface area contributed by atoms with Crippen molar-refractivity contribution in [2.75, 3.05) is 12.8 Å². The van der Waals surface area contributed by atoms with E-state index < -0.39 is 15.3 Å². The molecule has 2 fully saturated rings. The van der Waals surface area contributed by atoms with Gasteiger partial charge in [-0.2, -0.15) is 0 Å². The third kappa shape index (κ3) is 2.38. The fourth-order valence-corrected chi connectivity index (χ4v) is 6.85. The minimum atomic E-state index is -2.64. The molecule has 2 aliphatic rings. The third-order valence-corrected chi connectivity index (χ3v) is 8.79. The molecule has 1 aromatic carbocycles. The van der Waals surface area contributed by atoms with E-state index >= 15 is 0 Å². The predicted molar refractivity (Wildman–Crippen MR) is 94.8 cm³/mol. The zero-order valence-electron chi connectivity index (χ0n) is 14.3. The lowest BCUT2D eigenvalue weighted by atomic mass is 9.61. The van der Waals surface area contributed by atoms with Gasteiger partial charge in [-0.3, -0.25) is 0 Å². The molecule has 23 heavy (non-hydrogen) atoms. The van der Waals surface area contributed by atoms with Gasteiger partial charge in [0.25, 0.3) is 0 Å². The lowest BCUT2D eigenvalue weighted by molar-refractivity contribution is -0.0641. The molecule has 0 radical (unpaired) electrons. The van der Waals surface area contributed by atoms with Crippen LogP contribution >= 0.6 is 0 Å². The highest BCUT2D eigenvalue weighted by atomic mass is 32.2. The molecule has 0 saturated heterocycles. The number of benzene rings is 1. The highest BCUT2D eigenvalue weighted by molar-refractivity contribution is 7.93. The molecule has 3 rings (SSSR count). The van der Waals surface area contributed by atoms with E-state index in [-0.39, 0.29) is 11.2 Å². The van der Waals surface area contributed by atoms with Crippen LogP contribution in [0.15, 0.2) is 51.7 Å². The average Bonchev–Trinajstić information content (AvgIpc) is 2.80. The van der Waals surface area contributed by atoms with Crippen molar-refractivity contribution in [3.63, 3.8) is 0 Å². The Morgan fingerprint density at radius 1 is 1.39 bits per heavy atom. The monoisotopic (exact) mass is 333 g/mol. The van der Waals surface area contributed by atoms with E-state index in [9.17, 15) is 9.32 Å². The number of hydrogen-bond donors (Lipinski definition) is 1. The van der Waals surface area contributed by atoms with Gasteiger partial charge < -0.3 is 5.11 Å². The van der Waals surface area contributed by atoms with Crippen LogP contribution < -0.4 is 0 Å². The maximum absolute atomic E-state index is 13.5. The van der Waals surface area contributed by atoms with Gasteiger partial charge in [0, 0.05) is 17.4 Å². The van der Waals surface area contributed by atoms with Crippen molar-refractivity contribution in [2.45, 2.75) is 43.6 Å². The fourth-order valence-electron chi connectivity index (χ4n) is 4.68. The second-order valence-electron chi connectivity index (χ2n) is 7.50. The van der Waals surface area contributed by atoms with Crippen molar-refractivity contribution < 1.29 is 9.32 Å². The maximum Gasteiger partial charge on any atom is 0.0867 e. The van der Waals surface area contributed by atoms with Gasteiger partial charge in [-0.1, -0.05) is 44.2 Å². The fraction of sp³-hybridized carbons (Fsp3) is 0.579. The van der Waals surface area contributed by atoms with E-state index in [1.807, 2.05) is 30.3 Å². The first kappa shape index (κ1) is 16.7. The van der Waals surface area contributed by atoms with Crippen LogP contribution in [0.25, 0.3) is 0 Å². The van der Waals surface area contributed by atoms with Crippen LogP contribution in [0.3, 0.4) is 0 Å². The second kappa shape index (κ2) is 5.45. The molecule has 0 aromatic heterocycles. The Morgan fingerprint density at radius 2 is 2.04 bits per heavy atom. The van der Waals surface area contributed by atoms with Crippen LogP contribution in [0.4, 0.5) is 0 Å². The van der Waals surface area contributed by atoms with Crippen molar-refractivity contribution >= 4 is 9.73 Å². The Kier molecular flexibility index (Phi) is 3.96. The summed E-state index contributed by atoms with van der Waals surface area (Å²) >= 11 is 0. The SMILES string of the molecule is C=C1[C@H]2CC[C@]1(C)[C@@](O)(CS(=O)(=NC)c1ccccc1)C[C@@H]2C. The summed E-state index contributed by atoms with van der Waals surface area (Å²) in [5.41, 5.74) is -0.223. The first-order chi connectivity index (χ1) is 10.8. The van der Waals surface area contributed by atoms with E-state index in [2.05, 4.69) is 24.8 Å². The summed E-state index contributed by atoms with van der Waals surface area (Å²) in [6.07, 6.45) is 2.67. The number of aliphatic hydroxyl groups is 1. The van der Waals surface area contributed by atoms with E-state index in [0.29, 0.717) is 23.2 Å². The summed E-state index contributed by atoms with van der Waals surface area (Å²) in [6.45, 7) is 8.58.